The Morgan fingerprint density at radius 1 is 1.21 bits per heavy atom. The largest absolute Gasteiger partial charge is 0.299 e. The lowest BCUT2D eigenvalue weighted by atomic mass is 9.97. The van der Waals surface area contributed by atoms with Gasteiger partial charge in [-0.15, -0.1) is 0 Å². The van der Waals surface area contributed by atoms with E-state index in [9.17, 15) is 9.59 Å². The number of hydrogen-bond donors (Lipinski definition) is 0. The van der Waals surface area contributed by atoms with Gasteiger partial charge in [0.1, 0.15) is 11.6 Å². The molecule has 74 valence electrons. The molecule has 0 aromatic heterocycles. The van der Waals surface area contributed by atoms with Gasteiger partial charge in [-0.2, -0.15) is 0 Å². The first-order chi connectivity index (χ1) is 6.61. The first-order valence-electron chi connectivity index (χ1n) is 4.68. The van der Waals surface area contributed by atoms with Crippen molar-refractivity contribution in [2.75, 3.05) is 0 Å². The zero-order chi connectivity index (χ0) is 10.6. The van der Waals surface area contributed by atoms with Gasteiger partial charge in [-0.05, 0) is 19.4 Å². The van der Waals surface area contributed by atoms with E-state index in [1.54, 1.807) is 6.92 Å². The summed E-state index contributed by atoms with van der Waals surface area (Å²) in [5.41, 5.74) is 0.964. The van der Waals surface area contributed by atoms with Gasteiger partial charge in [0.15, 0.2) is 0 Å². The molecule has 0 bridgehead atoms. The summed E-state index contributed by atoms with van der Waals surface area (Å²) in [6, 6.07) is 9.47. The Morgan fingerprint density at radius 2 is 1.79 bits per heavy atom. The van der Waals surface area contributed by atoms with Gasteiger partial charge in [-0.1, -0.05) is 30.3 Å². The summed E-state index contributed by atoms with van der Waals surface area (Å²) in [7, 11) is 0. The molecule has 2 nitrogen and oxygen atoms in total. The number of ketones is 2. The highest BCUT2D eigenvalue weighted by Gasteiger charge is 2.17. The highest BCUT2D eigenvalue weighted by atomic mass is 16.1. The van der Waals surface area contributed by atoms with E-state index in [1.807, 2.05) is 30.3 Å². The summed E-state index contributed by atoms with van der Waals surface area (Å²) in [5.74, 6) is -0.551. The molecular formula is C12H14O2. The highest BCUT2D eigenvalue weighted by molar-refractivity contribution is 6.01. The van der Waals surface area contributed by atoms with Crippen LogP contribution in [-0.4, -0.2) is 11.6 Å². The van der Waals surface area contributed by atoms with Crippen molar-refractivity contribution in [1.82, 2.24) is 0 Å². The van der Waals surface area contributed by atoms with E-state index in [4.69, 9.17) is 0 Å². The first kappa shape index (κ1) is 10.6. The molecule has 0 saturated carbocycles. The minimum Gasteiger partial charge on any atom is -0.299 e. The van der Waals surface area contributed by atoms with Crippen LogP contribution in [0.15, 0.2) is 30.3 Å². The van der Waals surface area contributed by atoms with Crippen molar-refractivity contribution in [2.45, 2.75) is 20.3 Å². The maximum Gasteiger partial charge on any atom is 0.147 e. The van der Waals surface area contributed by atoms with E-state index < -0.39 is 5.92 Å². The Kier molecular flexibility index (Phi) is 3.57. The van der Waals surface area contributed by atoms with E-state index in [1.165, 1.54) is 6.92 Å². The maximum absolute atomic E-state index is 11.5. The van der Waals surface area contributed by atoms with Crippen LogP contribution in [0.3, 0.4) is 0 Å². The quantitative estimate of drug-likeness (QED) is 0.681. The average Bonchev–Trinajstić information content (AvgIpc) is 2.18. The molecule has 0 radical (unpaired) electrons. The lowest BCUT2D eigenvalue weighted by molar-refractivity contribution is -0.130. The van der Waals surface area contributed by atoms with Crippen LogP contribution >= 0.6 is 0 Å². The van der Waals surface area contributed by atoms with E-state index in [2.05, 4.69) is 0 Å². The van der Waals surface area contributed by atoms with Crippen LogP contribution in [0.1, 0.15) is 19.4 Å². The third kappa shape index (κ3) is 2.80. The molecule has 0 aliphatic rings. The standard InChI is InChI=1S/C12H14O2/c1-9(10(2)13)12(14)8-11-6-4-3-5-7-11/h3-7,9H,8H2,1-2H3. The Morgan fingerprint density at radius 3 is 2.29 bits per heavy atom. The summed E-state index contributed by atoms with van der Waals surface area (Å²) < 4.78 is 0. The molecule has 1 atom stereocenters. The van der Waals surface area contributed by atoms with E-state index >= 15 is 0 Å². The van der Waals surface area contributed by atoms with Gasteiger partial charge in [0.2, 0.25) is 0 Å². The Bertz CT molecular complexity index is 327. The second kappa shape index (κ2) is 4.70. The number of hydrogen-bond acceptors (Lipinski definition) is 2. The summed E-state index contributed by atoms with van der Waals surface area (Å²) in [5, 5.41) is 0. The van der Waals surface area contributed by atoms with Crippen molar-refractivity contribution >= 4 is 11.6 Å². The smallest absolute Gasteiger partial charge is 0.147 e. The van der Waals surface area contributed by atoms with Crippen LogP contribution in [-0.2, 0) is 16.0 Å². The molecule has 0 amide bonds. The van der Waals surface area contributed by atoms with Crippen LogP contribution in [0.2, 0.25) is 0 Å². The lowest BCUT2D eigenvalue weighted by Gasteiger charge is -2.05. The number of rotatable bonds is 4. The van der Waals surface area contributed by atoms with Crippen LogP contribution in [0.25, 0.3) is 0 Å². The van der Waals surface area contributed by atoms with Crippen LogP contribution < -0.4 is 0 Å². The summed E-state index contributed by atoms with van der Waals surface area (Å²) in [6.07, 6.45) is 0.349. The second-order valence-corrected chi connectivity index (χ2v) is 3.46. The summed E-state index contributed by atoms with van der Waals surface area (Å²) >= 11 is 0. The normalized spacial score (nSPS) is 12.1. The first-order valence-corrected chi connectivity index (χ1v) is 4.68. The van der Waals surface area contributed by atoms with Crippen molar-refractivity contribution in [3.8, 4) is 0 Å². The molecule has 0 aliphatic carbocycles. The zero-order valence-corrected chi connectivity index (χ0v) is 8.49. The molecule has 1 unspecified atom stereocenters. The van der Waals surface area contributed by atoms with Crippen molar-refractivity contribution < 1.29 is 9.59 Å². The number of benzene rings is 1. The van der Waals surface area contributed by atoms with Gasteiger partial charge in [0, 0.05) is 6.42 Å². The molecule has 0 saturated heterocycles. The molecule has 1 aromatic rings. The van der Waals surface area contributed by atoms with Gasteiger partial charge in [0.25, 0.3) is 0 Å². The Balaban J connectivity index is 2.62. The SMILES string of the molecule is CC(=O)C(C)C(=O)Cc1ccccc1. The maximum atomic E-state index is 11.5. The Hall–Kier alpha value is -1.44. The van der Waals surface area contributed by atoms with Crippen molar-refractivity contribution in [3.63, 3.8) is 0 Å². The van der Waals surface area contributed by atoms with Crippen LogP contribution in [0.5, 0.6) is 0 Å². The molecule has 0 spiro atoms. The predicted molar refractivity (Wildman–Crippen MR) is 55.0 cm³/mol. The van der Waals surface area contributed by atoms with Gasteiger partial charge >= 0.3 is 0 Å². The Labute approximate surface area is 83.9 Å². The zero-order valence-electron chi connectivity index (χ0n) is 8.49. The van der Waals surface area contributed by atoms with Gasteiger partial charge in [0.05, 0.1) is 5.92 Å². The van der Waals surface area contributed by atoms with Crippen LogP contribution in [0, 0.1) is 5.92 Å². The number of Topliss-reactive ketones (excluding diaryl/α,β-unsaturated/α-hetero) is 2. The fourth-order valence-corrected chi connectivity index (χ4v) is 1.18. The minimum absolute atomic E-state index is 0.0105. The topological polar surface area (TPSA) is 34.1 Å². The summed E-state index contributed by atoms with van der Waals surface area (Å²) in [6.45, 7) is 3.11. The summed E-state index contributed by atoms with van der Waals surface area (Å²) in [4.78, 5) is 22.5. The van der Waals surface area contributed by atoms with Crippen molar-refractivity contribution in [2.24, 2.45) is 5.92 Å². The van der Waals surface area contributed by atoms with Crippen molar-refractivity contribution in [3.05, 3.63) is 35.9 Å². The third-order valence-corrected chi connectivity index (χ3v) is 2.31. The van der Waals surface area contributed by atoms with Crippen molar-refractivity contribution in [1.29, 1.82) is 0 Å². The van der Waals surface area contributed by atoms with Gasteiger partial charge in [-0.3, -0.25) is 9.59 Å². The fraction of sp³-hybridized carbons (Fsp3) is 0.333. The molecule has 1 aromatic carbocycles. The molecule has 0 fully saturated rings. The second-order valence-electron chi connectivity index (χ2n) is 3.46. The number of carbonyl (C=O) groups excluding carboxylic acids is 2. The van der Waals surface area contributed by atoms with E-state index in [0.717, 1.165) is 5.56 Å². The van der Waals surface area contributed by atoms with Gasteiger partial charge < -0.3 is 0 Å². The average molecular weight is 190 g/mol. The molecule has 0 N–H and O–H groups in total. The molecule has 2 heteroatoms. The number of carbonyl (C=O) groups is 2. The fourth-order valence-electron chi connectivity index (χ4n) is 1.18. The monoisotopic (exact) mass is 190 g/mol. The molecule has 0 heterocycles. The molecular weight excluding hydrogens is 176 g/mol. The third-order valence-electron chi connectivity index (χ3n) is 2.31. The highest BCUT2D eigenvalue weighted by Crippen LogP contribution is 2.06. The predicted octanol–water partition coefficient (Wildman–Crippen LogP) is 2.02. The minimum atomic E-state index is -0.477. The van der Waals surface area contributed by atoms with E-state index in [0.29, 0.717) is 6.42 Å². The molecule has 14 heavy (non-hydrogen) atoms. The molecule has 0 aliphatic heterocycles. The van der Waals surface area contributed by atoms with Gasteiger partial charge in [-0.25, -0.2) is 0 Å². The van der Waals surface area contributed by atoms with Crippen LogP contribution in [0.4, 0.5) is 0 Å². The lowest BCUT2D eigenvalue weighted by Crippen LogP contribution is -2.20. The molecule has 1 rings (SSSR count). The van der Waals surface area contributed by atoms with E-state index in [-0.39, 0.29) is 11.6 Å².